The van der Waals surface area contributed by atoms with Gasteiger partial charge in [-0.3, -0.25) is 0 Å². The Bertz CT molecular complexity index is 310. The molecule has 5 heteroatoms. The first-order chi connectivity index (χ1) is 6.81. The fraction of sp³-hybridized carbons (Fsp3) is 0.400. The van der Waals surface area contributed by atoms with Crippen molar-refractivity contribution >= 4 is 11.9 Å². The smallest absolute Gasteiger partial charge is 0.146 e. The summed E-state index contributed by atoms with van der Waals surface area (Å²) in [4.78, 5) is 0. The number of alkyl halides is 1. The Morgan fingerprint density at radius 1 is 1.47 bits per heavy atom. The first kappa shape index (κ1) is 13.4. The molecule has 0 aliphatic rings. The third-order valence-electron chi connectivity index (χ3n) is 1.78. The maximum Gasteiger partial charge on any atom is 0.146 e. The highest BCUT2D eigenvalue weighted by molar-refractivity contribution is 5.99. The van der Waals surface area contributed by atoms with Crippen LogP contribution in [0.3, 0.4) is 0 Å². The Morgan fingerprint density at radius 2 is 2.00 bits per heavy atom. The summed E-state index contributed by atoms with van der Waals surface area (Å²) < 4.78 is 13.2. The van der Waals surface area contributed by atoms with Gasteiger partial charge in [0.2, 0.25) is 0 Å². The van der Waals surface area contributed by atoms with Crippen LogP contribution in [0, 0.1) is 10.8 Å². The predicted octanol–water partition coefficient (Wildman–Crippen LogP) is 1.48. The van der Waals surface area contributed by atoms with E-state index in [1.807, 2.05) is 0 Å². The van der Waals surface area contributed by atoms with E-state index in [2.05, 4.69) is 0 Å². The maximum atomic E-state index is 13.2. The van der Waals surface area contributed by atoms with E-state index in [4.69, 9.17) is 22.3 Å². The number of hydrogen-bond acceptors (Lipinski definition) is 4. The summed E-state index contributed by atoms with van der Waals surface area (Å²) in [5.74, 6) is 0. The Balaban J connectivity index is 4.59. The normalized spacial score (nSPS) is 13.8. The molecule has 0 spiro atoms. The lowest BCUT2D eigenvalue weighted by atomic mass is 10.0. The zero-order valence-electron chi connectivity index (χ0n) is 8.97. The zero-order chi connectivity index (χ0) is 12.1. The largest absolute Gasteiger partial charge is 0.404 e. The van der Waals surface area contributed by atoms with Crippen molar-refractivity contribution in [3.63, 3.8) is 0 Å². The standard InChI is InChI=1S/C10H17FN4/c1-10(2,11)9(15)4-8(14)3-7(5-12)6-13/h4-6,12,15H,3,13-14H2,1-2H3/b7-6-,8-4-,12-5?,15-9?. The molecule has 0 saturated heterocycles. The van der Waals surface area contributed by atoms with Gasteiger partial charge in [-0.2, -0.15) is 0 Å². The quantitative estimate of drug-likeness (QED) is 0.519. The Morgan fingerprint density at radius 3 is 2.33 bits per heavy atom. The molecule has 0 aliphatic carbocycles. The zero-order valence-corrected chi connectivity index (χ0v) is 8.97. The summed E-state index contributed by atoms with van der Waals surface area (Å²) in [6.45, 7) is 2.57. The van der Waals surface area contributed by atoms with Crippen molar-refractivity contribution in [3.05, 3.63) is 23.5 Å². The molecule has 0 amide bonds. The molecule has 0 radical (unpaired) electrons. The van der Waals surface area contributed by atoms with Gasteiger partial charge in [-0.05, 0) is 31.7 Å². The highest BCUT2D eigenvalue weighted by Crippen LogP contribution is 2.13. The predicted molar refractivity (Wildman–Crippen MR) is 60.9 cm³/mol. The van der Waals surface area contributed by atoms with Gasteiger partial charge in [-0.25, -0.2) is 4.39 Å². The van der Waals surface area contributed by atoms with E-state index in [0.717, 1.165) is 6.21 Å². The monoisotopic (exact) mass is 212 g/mol. The van der Waals surface area contributed by atoms with E-state index in [9.17, 15) is 4.39 Å². The van der Waals surface area contributed by atoms with Crippen LogP contribution in [0.2, 0.25) is 0 Å². The van der Waals surface area contributed by atoms with Crippen molar-refractivity contribution < 1.29 is 4.39 Å². The minimum absolute atomic E-state index is 0.193. The van der Waals surface area contributed by atoms with E-state index in [1.54, 1.807) is 0 Å². The average Bonchev–Trinajstić information content (AvgIpc) is 2.12. The van der Waals surface area contributed by atoms with Gasteiger partial charge >= 0.3 is 0 Å². The van der Waals surface area contributed by atoms with Crippen molar-refractivity contribution in [3.8, 4) is 0 Å². The van der Waals surface area contributed by atoms with Crippen LogP contribution in [0.25, 0.3) is 0 Å². The van der Waals surface area contributed by atoms with E-state index >= 15 is 0 Å². The lowest BCUT2D eigenvalue weighted by Gasteiger charge is -2.13. The van der Waals surface area contributed by atoms with E-state index in [0.29, 0.717) is 11.3 Å². The SMILES string of the molecule is CC(C)(F)C(=N)/C=C(\N)C/C(C=N)=C/N. The fourth-order valence-corrected chi connectivity index (χ4v) is 0.802. The highest BCUT2D eigenvalue weighted by Gasteiger charge is 2.20. The van der Waals surface area contributed by atoms with Crippen molar-refractivity contribution in [2.24, 2.45) is 11.5 Å². The number of nitrogens with two attached hydrogens (primary N) is 2. The minimum atomic E-state index is -1.71. The molecule has 15 heavy (non-hydrogen) atoms. The van der Waals surface area contributed by atoms with Gasteiger partial charge in [-0.15, -0.1) is 0 Å². The van der Waals surface area contributed by atoms with Crippen LogP contribution in [-0.2, 0) is 0 Å². The van der Waals surface area contributed by atoms with E-state index < -0.39 is 5.67 Å². The molecular formula is C10H17FN4. The molecule has 4 nitrogen and oxygen atoms in total. The van der Waals surface area contributed by atoms with Gasteiger partial charge in [0.05, 0.1) is 5.71 Å². The third-order valence-corrected chi connectivity index (χ3v) is 1.78. The summed E-state index contributed by atoms with van der Waals surface area (Å²) in [6, 6.07) is 0. The highest BCUT2D eigenvalue weighted by atomic mass is 19.1. The molecule has 0 aliphatic heterocycles. The molecule has 84 valence electrons. The molecule has 0 atom stereocenters. The number of hydrogen-bond donors (Lipinski definition) is 4. The van der Waals surface area contributed by atoms with Gasteiger partial charge in [0.15, 0.2) is 0 Å². The molecule has 0 bridgehead atoms. The van der Waals surface area contributed by atoms with Gasteiger partial charge in [0.25, 0.3) is 0 Å². The lowest BCUT2D eigenvalue weighted by Crippen LogP contribution is -2.24. The van der Waals surface area contributed by atoms with Crippen LogP contribution in [0.1, 0.15) is 20.3 Å². The Labute approximate surface area is 88.9 Å². The summed E-state index contributed by atoms with van der Waals surface area (Å²) in [5, 5.41) is 14.4. The third kappa shape index (κ3) is 4.95. The van der Waals surface area contributed by atoms with Gasteiger partial charge < -0.3 is 22.3 Å². The maximum absolute atomic E-state index is 13.2. The van der Waals surface area contributed by atoms with Crippen LogP contribution in [0.4, 0.5) is 4.39 Å². The second-order valence-corrected chi connectivity index (χ2v) is 3.67. The van der Waals surface area contributed by atoms with E-state index in [-0.39, 0.29) is 12.1 Å². The van der Waals surface area contributed by atoms with Crippen LogP contribution >= 0.6 is 0 Å². The van der Waals surface area contributed by atoms with E-state index in [1.165, 1.54) is 26.1 Å². The van der Waals surface area contributed by atoms with Crippen LogP contribution in [0.5, 0.6) is 0 Å². The van der Waals surface area contributed by atoms with Crippen LogP contribution in [-0.4, -0.2) is 17.6 Å². The van der Waals surface area contributed by atoms with Gasteiger partial charge in [-0.1, -0.05) is 0 Å². The second-order valence-electron chi connectivity index (χ2n) is 3.67. The molecule has 6 N–H and O–H groups in total. The summed E-state index contributed by atoms with van der Waals surface area (Å²) in [6.07, 6.45) is 3.84. The Kier molecular flexibility index (Phi) is 4.70. The molecule has 0 aromatic rings. The number of nitrogens with one attached hydrogen (secondary N) is 2. The second kappa shape index (κ2) is 5.29. The topological polar surface area (TPSA) is 99.7 Å². The van der Waals surface area contributed by atoms with Crippen LogP contribution < -0.4 is 11.5 Å². The molecular weight excluding hydrogens is 195 g/mol. The molecule has 0 rings (SSSR count). The molecule has 0 fully saturated rings. The molecule has 0 saturated carbocycles. The van der Waals surface area contributed by atoms with Crippen molar-refractivity contribution in [1.29, 1.82) is 10.8 Å². The van der Waals surface area contributed by atoms with Crippen molar-refractivity contribution in [1.82, 2.24) is 0 Å². The number of rotatable bonds is 5. The minimum Gasteiger partial charge on any atom is -0.404 e. The lowest BCUT2D eigenvalue weighted by molar-refractivity contribution is 0.313. The number of halogens is 1. The van der Waals surface area contributed by atoms with Gasteiger partial charge in [0.1, 0.15) is 5.67 Å². The number of allylic oxidation sites excluding steroid dienone is 2. The molecule has 0 aromatic heterocycles. The van der Waals surface area contributed by atoms with Crippen molar-refractivity contribution in [2.75, 3.05) is 0 Å². The molecule has 0 aromatic carbocycles. The summed E-state index contributed by atoms with van der Waals surface area (Å²) in [5.41, 5.74) is 9.73. The molecule has 0 unspecified atom stereocenters. The average molecular weight is 212 g/mol. The fourth-order valence-electron chi connectivity index (χ4n) is 0.802. The van der Waals surface area contributed by atoms with Crippen molar-refractivity contribution in [2.45, 2.75) is 25.9 Å². The van der Waals surface area contributed by atoms with Crippen LogP contribution in [0.15, 0.2) is 23.5 Å². The van der Waals surface area contributed by atoms with Gasteiger partial charge in [0, 0.05) is 18.3 Å². The Hall–Kier alpha value is -1.65. The first-order valence-electron chi connectivity index (χ1n) is 4.46. The molecule has 0 heterocycles. The summed E-state index contributed by atoms with van der Waals surface area (Å²) in [7, 11) is 0. The summed E-state index contributed by atoms with van der Waals surface area (Å²) >= 11 is 0. The first-order valence-corrected chi connectivity index (χ1v) is 4.46.